The molecule has 0 aliphatic carbocycles. The molecule has 3 N–H and O–H groups in total. The number of nitrogens with two attached hydrogens (primary N) is 1. The van der Waals surface area contributed by atoms with Crippen molar-refractivity contribution in [1.82, 2.24) is 0 Å². The average molecular weight is 219 g/mol. The van der Waals surface area contributed by atoms with Gasteiger partial charge in [-0.25, -0.2) is 4.79 Å². The highest BCUT2D eigenvalue weighted by molar-refractivity contribution is 5.95. The van der Waals surface area contributed by atoms with Gasteiger partial charge in [0.05, 0.1) is 6.26 Å². The molecule has 0 bridgehead atoms. The van der Waals surface area contributed by atoms with Gasteiger partial charge in [-0.3, -0.25) is 0 Å². The summed E-state index contributed by atoms with van der Waals surface area (Å²) in [5.74, 6) is -0.363. The number of phenolic OH excluding ortho intramolecular Hbond substituents is 1. The van der Waals surface area contributed by atoms with E-state index in [-0.39, 0.29) is 22.9 Å². The zero-order valence-electron chi connectivity index (χ0n) is 8.21. The van der Waals surface area contributed by atoms with Gasteiger partial charge in [-0.2, -0.15) is 0 Å². The van der Waals surface area contributed by atoms with Crippen LogP contribution in [-0.2, 0) is 0 Å². The number of hydrogen-bond acceptors (Lipinski definition) is 5. The van der Waals surface area contributed by atoms with E-state index in [1.807, 2.05) is 0 Å². The molecule has 0 saturated carbocycles. The monoisotopic (exact) mass is 219 g/mol. The molecular weight excluding hydrogens is 210 g/mol. The van der Waals surface area contributed by atoms with Crippen molar-refractivity contribution < 1.29 is 19.1 Å². The first-order chi connectivity index (χ1) is 7.66. The largest absolute Gasteiger partial charge is 0.508 e. The molecule has 5 heteroatoms. The summed E-state index contributed by atoms with van der Waals surface area (Å²) < 4.78 is 9.76. The third-order valence-electron chi connectivity index (χ3n) is 1.94. The lowest BCUT2D eigenvalue weighted by atomic mass is 10.3. The number of carbonyl (C=O) groups is 1. The Hall–Kier alpha value is -2.43. The van der Waals surface area contributed by atoms with E-state index in [0.717, 1.165) is 0 Å². The summed E-state index contributed by atoms with van der Waals surface area (Å²) in [7, 11) is 0. The van der Waals surface area contributed by atoms with Crippen molar-refractivity contribution in [1.29, 1.82) is 0 Å². The number of phenols is 1. The zero-order valence-corrected chi connectivity index (χ0v) is 8.21. The maximum Gasteiger partial charge on any atom is 0.349 e. The lowest BCUT2D eigenvalue weighted by molar-refractivity contribution is 0.0735. The Morgan fingerprint density at radius 1 is 1.38 bits per heavy atom. The summed E-state index contributed by atoms with van der Waals surface area (Å²) in [6, 6.07) is 7.34. The van der Waals surface area contributed by atoms with Crippen molar-refractivity contribution in [2.24, 2.45) is 0 Å². The second-order valence-corrected chi connectivity index (χ2v) is 3.09. The third kappa shape index (κ3) is 1.98. The van der Waals surface area contributed by atoms with Gasteiger partial charge in [0.2, 0.25) is 5.88 Å². The Morgan fingerprint density at radius 3 is 2.81 bits per heavy atom. The van der Waals surface area contributed by atoms with Crippen LogP contribution >= 0.6 is 0 Å². The van der Waals surface area contributed by atoms with Crippen molar-refractivity contribution in [3.63, 3.8) is 0 Å². The molecular formula is C11H9NO4. The van der Waals surface area contributed by atoms with Crippen molar-refractivity contribution >= 4 is 11.9 Å². The minimum absolute atomic E-state index is 0.00477. The summed E-state index contributed by atoms with van der Waals surface area (Å²) >= 11 is 0. The number of esters is 1. The standard InChI is InChI=1S/C11H9NO4/c12-10-9(4-5-15-10)11(14)16-8-3-1-2-7(13)6-8/h1-6,13H,12H2. The highest BCUT2D eigenvalue weighted by Gasteiger charge is 2.14. The van der Waals surface area contributed by atoms with Crippen LogP contribution in [0.4, 0.5) is 5.88 Å². The van der Waals surface area contributed by atoms with E-state index >= 15 is 0 Å². The van der Waals surface area contributed by atoms with Gasteiger partial charge in [-0.15, -0.1) is 0 Å². The molecule has 0 unspecified atom stereocenters. The number of benzene rings is 1. The molecule has 0 amide bonds. The number of hydrogen-bond donors (Lipinski definition) is 2. The van der Waals surface area contributed by atoms with Crippen LogP contribution in [0, 0.1) is 0 Å². The van der Waals surface area contributed by atoms with Gasteiger partial charge < -0.3 is 20.0 Å². The SMILES string of the molecule is Nc1occc1C(=O)Oc1cccc(O)c1. The second-order valence-electron chi connectivity index (χ2n) is 3.09. The maximum atomic E-state index is 11.6. The molecule has 0 atom stereocenters. The molecule has 0 spiro atoms. The van der Waals surface area contributed by atoms with Crippen LogP contribution in [-0.4, -0.2) is 11.1 Å². The first-order valence-corrected chi connectivity index (χ1v) is 4.51. The van der Waals surface area contributed by atoms with Crippen molar-refractivity contribution in [2.75, 3.05) is 5.73 Å². The second kappa shape index (κ2) is 3.98. The molecule has 2 aromatic rings. The van der Waals surface area contributed by atoms with Crippen molar-refractivity contribution in [3.8, 4) is 11.5 Å². The average Bonchev–Trinajstić information content (AvgIpc) is 2.64. The molecule has 1 aromatic carbocycles. The Morgan fingerprint density at radius 2 is 2.19 bits per heavy atom. The molecule has 1 aromatic heterocycles. The topological polar surface area (TPSA) is 85.7 Å². The molecule has 2 rings (SSSR count). The number of nitrogen functional groups attached to an aromatic ring is 1. The van der Waals surface area contributed by atoms with Gasteiger partial charge in [0.1, 0.15) is 17.1 Å². The van der Waals surface area contributed by atoms with Crippen molar-refractivity contribution in [2.45, 2.75) is 0 Å². The van der Waals surface area contributed by atoms with Crippen LogP contribution in [0.3, 0.4) is 0 Å². The first-order valence-electron chi connectivity index (χ1n) is 4.51. The van der Waals surface area contributed by atoms with Crippen molar-refractivity contribution in [3.05, 3.63) is 42.2 Å². The Labute approximate surface area is 91.1 Å². The predicted molar refractivity (Wildman–Crippen MR) is 56.2 cm³/mol. The van der Waals surface area contributed by atoms with E-state index in [2.05, 4.69) is 0 Å². The Bertz CT molecular complexity index is 518. The van der Waals surface area contributed by atoms with Crippen LogP contribution in [0.15, 0.2) is 41.0 Å². The third-order valence-corrected chi connectivity index (χ3v) is 1.94. The van der Waals surface area contributed by atoms with E-state index in [1.165, 1.54) is 24.5 Å². The van der Waals surface area contributed by atoms with Gasteiger partial charge >= 0.3 is 5.97 Å². The normalized spacial score (nSPS) is 10.0. The van der Waals surface area contributed by atoms with E-state index in [1.54, 1.807) is 12.1 Å². The fourth-order valence-corrected chi connectivity index (χ4v) is 1.20. The summed E-state index contributed by atoms with van der Waals surface area (Å²) in [5, 5.41) is 9.18. The Balaban J connectivity index is 2.17. The summed E-state index contributed by atoms with van der Waals surface area (Å²) in [5.41, 5.74) is 5.56. The molecule has 0 saturated heterocycles. The molecule has 0 aliphatic rings. The quantitative estimate of drug-likeness (QED) is 0.594. The number of furan rings is 1. The number of ether oxygens (including phenoxy) is 1. The molecule has 0 fully saturated rings. The fourth-order valence-electron chi connectivity index (χ4n) is 1.20. The summed E-state index contributed by atoms with van der Waals surface area (Å²) in [6.07, 6.45) is 1.30. The van der Waals surface area contributed by atoms with Crippen LogP contribution in [0.5, 0.6) is 11.5 Å². The fraction of sp³-hybridized carbons (Fsp3) is 0. The first kappa shape index (κ1) is 10.1. The molecule has 16 heavy (non-hydrogen) atoms. The van der Waals surface area contributed by atoms with E-state index < -0.39 is 5.97 Å². The maximum absolute atomic E-state index is 11.6. The molecule has 0 radical (unpaired) electrons. The number of aromatic hydroxyl groups is 1. The summed E-state index contributed by atoms with van der Waals surface area (Å²) in [4.78, 5) is 11.6. The van der Waals surface area contributed by atoms with Crippen LogP contribution in [0.25, 0.3) is 0 Å². The lowest BCUT2D eigenvalue weighted by Crippen LogP contribution is -2.09. The van der Waals surface area contributed by atoms with Gasteiger partial charge in [0.15, 0.2) is 0 Å². The van der Waals surface area contributed by atoms with E-state index in [4.69, 9.17) is 14.9 Å². The van der Waals surface area contributed by atoms with Gasteiger partial charge in [-0.05, 0) is 18.2 Å². The van der Waals surface area contributed by atoms with E-state index in [9.17, 15) is 9.90 Å². The number of anilines is 1. The predicted octanol–water partition coefficient (Wildman–Crippen LogP) is 1.79. The highest BCUT2D eigenvalue weighted by atomic mass is 16.5. The molecule has 5 nitrogen and oxygen atoms in total. The minimum atomic E-state index is -0.628. The zero-order chi connectivity index (χ0) is 11.5. The lowest BCUT2D eigenvalue weighted by Gasteiger charge is -2.03. The van der Waals surface area contributed by atoms with Gasteiger partial charge in [0, 0.05) is 6.07 Å². The van der Waals surface area contributed by atoms with Crippen LogP contribution < -0.4 is 10.5 Å². The number of carbonyl (C=O) groups excluding carboxylic acids is 1. The van der Waals surface area contributed by atoms with Crippen LogP contribution in [0.2, 0.25) is 0 Å². The van der Waals surface area contributed by atoms with Gasteiger partial charge in [-0.1, -0.05) is 6.07 Å². The smallest absolute Gasteiger partial charge is 0.349 e. The molecule has 1 heterocycles. The highest BCUT2D eigenvalue weighted by Crippen LogP contribution is 2.20. The summed E-state index contributed by atoms with van der Waals surface area (Å²) in [6.45, 7) is 0. The van der Waals surface area contributed by atoms with E-state index in [0.29, 0.717) is 0 Å². The molecule has 82 valence electrons. The molecule has 0 aliphatic heterocycles. The van der Waals surface area contributed by atoms with Gasteiger partial charge in [0.25, 0.3) is 0 Å². The minimum Gasteiger partial charge on any atom is -0.508 e. The van der Waals surface area contributed by atoms with Crippen LogP contribution in [0.1, 0.15) is 10.4 Å². The number of rotatable bonds is 2. The Kier molecular flexibility index (Phi) is 2.51.